The van der Waals surface area contributed by atoms with Crippen LogP contribution >= 0.6 is 37.5 Å². The van der Waals surface area contributed by atoms with Crippen LogP contribution in [0.5, 0.6) is 0 Å². The second-order valence-electron chi connectivity index (χ2n) is 11.2. The highest BCUT2D eigenvalue weighted by Gasteiger charge is 1.97. The summed E-state index contributed by atoms with van der Waals surface area (Å²) in [5, 5.41) is 3.11. The van der Waals surface area contributed by atoms with E-state index in [4.69, 9.17) is 12.2 Å². The van der Waals surface area contributed by atoms with Gasteiger partial charge in [0.1, 0.15) is 4.32 Å². The average Bonchev–Trinajstić information content (AvgIpc) is 2.87. The van der Waals surface area contributed by atoms with Crippen LogP contribution in [0.15, 0.2) is 0 Å². The van der Waals surface area contributed by atoms with Crippen molar-refractivity contribution < 1.29 is 0 Å². The zero-order chi connectivity index (χ0) is 26.2. The molecule has 0 spiro atoms. The molecule has 0 fully saturated rings. The van der Waals surface area contributed by atoms with Crippen molar-refractivity contribution in [3.8, 4) is 0 Å². The Kier molecular flexibility index (Phi) is 34.2. The fourth-order valence-electron chi connectivity index (χ4n) is 5.21. The van der Waals surface area contributed by atoms with Crippen molar-refractivity contribution in [3.63, 3.8) is 0 Å². The van der Waals surface area contributed by atoms with Gasteiger partial charge in [-0.1, -0.05) is 186 Å². The number of thiol groups is 2. The van der Waals surface area contributed by atoms with Gasteiger partial charge < -0.3 is 5.32 Å². The number of unbranched alkanes of at least 4 members (excludes halogenated alkanes) is 28. The number of nitrogens with one attached hydrogen (secondary N) is 1. The van der Waals surface area contributed by atoms with Crippen LogP contribution in [0.4, 0.5) is 0 Å². The normalized spacial score (nSPS) is 11.3. The van der Waals surface area contributed by atoms with Gasteiger partial charge in [-0.2, -0.15) is 12.6 Å². The third-order valence-corrected chi connectivity index (χ3v) is 8.23. The third kappa shape index (κ3) is 34.6. The molecular weight excluding hydrogens is 495 g/mol. The van der Waals surface area contributed by atoms with E-state index in [1.807, 2.05) is 0 Å². The molecule has 0 heterocycles. The van der Waals surface area contributed by atoms with E-state index in [0.29, 0.717) is 4.32 Å². The molecule has 0 aromatic carbocycles. The molecule has 1 nitrogen and oxygen atoms in total. The molecule has 0 radical (unpaired) electrons. The van der Waals surface area contributed by atoms with Crippen LogP contribution < -0.4 is 5.32 Å². The summed E-state index contributed by atoms with van der Waals surface area (Å²) in [5.41, 5.74) is 0. The summed E-state index contributed by atoms with van der Waals surface area (Å²) >= 11 is 13.3. The van der Waals surface area contributed by atoms with Crippen molar-refractivity contribution in [2.24, 2.45) is 0 Å². The molecule has 0 aromatic rings. The van der Waals surface area contributed by atoms with E-state index >= 15 is 0 Å². The highest BCUT2D eigenvalue weighted by molar-refractivity contribution is 8.11. The van der Waals surface area contributed by atoms with Crippen molar-refractivity contribution in [1.82, 2.24) is 5.32 Å². The predicted octanol–water partition coefficient (Wildman–Crippen LogP) is 12.0. The molecule has 0 bridgehead atoms. The third-order valence-electron chi connectivity index (χ3n) is 7.61. The van der Waals surface area contributed by atoms with Crippen LogP contribution in [0.1, 0.15) is 186 Å². The van der Waals surface area contributed by atoms with Gasteiger partial charge >= 0.3 is 0 Å². The molecule has 0 rings (SSSR count). The van der Waals surface area contributed by atoms with Gasteiger partial charge in [-0.15, -0.1) is 12.6 Å². The van der Waals surface area contributed by atoms with Crippen molar-refractivity contribution in [1.29, 1.82) is 0 Å². The molecule has 0 aliphatic rings. The molecule has 0 saturated carbocycles. The zero-order valence-corrected chi connectivity index (χ0v) is 26.8. The van der Waals surface area contributed by atoms with E-state index < -0.39 is 0 Å². The Labute approximate surface area is 244 Å². The van der Waals surface area contributed by atoms with Crippen LogP contribution in [0.2, 0.25) is 0 Å². The summed E-state index contributed by atoms with van der Waals surface area (Å²) in [6.07, 6.45) is 41.7. The maximum Gasteiger partial charge on any atom is 0.130 e. The molecule has 36 heavy (non-hydrogen) atoms. The van der Waals surface area contributed by atoms with Gasteiger partial charge in [-0.3, -0.25) is 0 Å². The summed E-state index contributed by atoms with van der Waals surface area (Å²) in [6, 6.07) is 0. The predicted molar refractivity (Wildman–Crippen MR) is 177 cm³/mol. The van der Waals surface area contributed by atoms with Gasteiger partial charge in [0.05, 0.1) is 0 Å². The first-order chi connectivity index (χ1) is 17.8. The zero-order valence-electron chi connectivity index (χ0n) is 24.2. The Bertz CT molecular complexity index is 416. The average molecular weight is 560 g/mol. The molecule has 0 atom stereocenters. The first-order valence-corrected chi connectivity index (χ1v) is 17.8. The first kappa shape index (κ1) is 36.6. The molecule has 4 heteroatoms. The van der Waals surface area contributed by atoms with E-state index in [0.717, 1.165) is 12.3 Å². The number of hydrogen-bond acceptors (Lipinski definition) is 2. The maximum absolute atomic E-state index is 4.90. The van der Waals surface area contributed by atoms with Crippen LogP contribution in [0.25, 0.3) is 0 Å². The minimum Gasteiger partial charge on any atom is -0.371 e. The molecule has 0 unspecified atom stereocenters. The standard InChI is InChI=1S/C32H65NS3/c34-31-29-27-25-23-21-19-17-15-13-11-9-7-5-3-1-2-4-6-8-10-12-14-16-18-20-22-24-26-28-30-33-32(35)36/h34H,1-31H2,(H2,33,35,36). The summed E-state index contributed by atoms with van der Waals surface area (Å²) in [4.78, 5) is 0. The largest absolute Gasteiger partial charge is 0.371 e. The lowest BCUT2D eigenvalue weighted by molar-refractivity contribution is 0.513. The molecule has 1 N–H and O–H groups in total. The Morgan fingerprint density at radius 1 is 0.361 bits per heavy atom. The van der Waals surface area contributed by atoms with Gasteiger partial charge in [0.25, 0.3) is 0 Å². The summed E-state index contributed by atoms with van der Waals surface area (Å²) < 4.78 is 0.629. The highest BCUT2D eigenvalue weighted by atomic mass is 32.1. The quantitative estimate of drug-likeness (QED) is 0.0443. The second kappa shape index (κ2) is 33.6. The van der Waals surface area contributed by atoms with Crippen LogP contribution in [0.3, 0.4) is 0 Å². The number of thiocarbonyl (C=S) groups is 1. The molecule has 216 valence electrons. The Hall–Kier alpha value is 0.590. The van der Waals surface area contributed by atoms with Crippen LogP contribution in [-0.2, 0) is 0 Å². The number of hydrogen-bond donors (Lipinski definition) is 3. The highest BCUT2D eigenvalue weighted by Crippen LogP contribution is 2.16. The van der Waals surface area contributed by atoms with Crippen molar-refractivity contribution in [2.45, 2.75) is 186 Å². The van der Waals surface area contributed by atoms with Crippen molar-refractivity contribution in [3.05, 3.63) is 0 Å². The smallest absolute Gasteiger partial charge is 0.130 e. The van der Waals surface area contributed by atoms with Crippen LogP contribution in [-0.4, -0.2) is 16.6 Å². The first-order valence-electron chi connectivity index (χ1n) is 16.3. The van der Waals surface area contributed by atoms with E-state index in [2.05, 4.69) is 30.6 Å². The van der Waals surface area contributed by atoms with Crippen molar-refractivity contribution in [2.75, 3.05) is 12.3 Å². The van der Waals surface area contributed by atoms with Gasteiger partial charge in [-0.25, -0.2) is 0 Å². The summed E-state index contributed by atoms with van der Waals surface area (Å²) in [7, 11) is 0. The van der Waals surface area contributed by atoms with E-state index in [9.17, 15) is 0 Å². The van der Waals surface area contributed by atoms with Crippen molar-refractivity contribution >= 4 is 41.8 Å². The molecule has 0 aliphatic carbocycles. The molecule has 0 amide bonds. The topological polar surface area (TPSA) is 12.0 Å². The molecule has 0 saturated heterocycles. The Morgan fingerprint density at radius 3 is 0.750 bits per heavy atom. The second-order valence-corrected chi connectivity index (χ2v) is 12.8. The summed E-state index contributed by atoms with van der Waals surface area (Å²) in [5.74, 6) is 1.06. The lowest BCUT2D eigenvalue weighted by Crippen LogP contribution is -2.17. The lowest BCUT2D eigenvalue weighted by atomic mass is 10.0. The van der Waals surface area contributed by atoms with E-state index in [1.165, 1.54) is 186 Å². The minimum absolute atomic E-state index is 0.629. The van der Waals surface area contributed by atoms with Gasteiger partial charge in [0.15, 0.2) is 0 Å². The fourth-order valence-corrected chi connectivity index (χ4v) is 5.64. The molecular formula is C32H65NS3. The SMILES string of the molecule is S=C(S)NCCCCCCCCCCCCCCCCCCCCCCCCCCCCCCCS. The molecule has 0 aromatic heterocycles. The summed E-state index contributed by atoms with van der Waals surface area (Å²) in [6.45, 7) is 0.987. The minimum atomic E-state index is 0.629. The fraction of sp³-hybridized carbons (Fsp3) is 0.969. The van der Waals surface area contributed by atoms with Gasteiger partial charge in [0.2, 0.25) is 0 Å². The number of rotatable bonds is 31. The molecule has 0 aliphatic heterocycles. The van der Waals surface area contributed by atoms with Gasteiger partial charge in [-0.05, 0) is 18.6 Å². The van der Waals surface area contributed by atoms with E-state index in [1.54, 1.807) is 0 Å². The maximum atomic E-state index is 4.90. The van der Waals surface area contributed by atoms with E-state index in [-0.39, 0.29) is 0 Å². The Balaban J connectivity index is 3.02. The van der Waals surface area contributed by atoms with Crippen LogP contribution in [0, 0.1) is 0 Å². The monoisotopic (exact) mass is 559 g/mol. The lowest BCUT2D eigenvalue weighted by Gasteiger charge is -2.05. The van der Waals surface area contributed by atoms with Gasteiger partial charge in [0, 0.05) is 6.54 Å². The Morgan fingerprint density at radius 2 is 0.556 bits per heavy atom.